The Morgan fingerprint density at radius 2 is 1.38 bits per heavy atom. The van der Waals surface area contributed by atoms with Gasteiger partial charge in [0.25, 0.3) is 0 Å². The van der Waals surface area contributed by atoms with Gasteiger partial charge in [-0.15, -0.1) is 5.92 Å². The van der Waals surface area contributed by atoms with Crippen molar-refractivity contribution in [2.24, 2.45) is 0 Å². The van der Waals surface area contributed by atoms with Crippen LogP contribution in [0.4, 0.5) is 0 Å². The molecule has 0 fully saturated rings. The summed E-state index contributed by atoms with van der Waals surface area (Å²) in [4.78, 5) is 36.4. The maximum atomic E-state index is 12.8. The Labute approximate surface area is 228 Å². The van der Waals surface area contributed by atoms with Crippen LogP contribution >= 0.6 is 0 Å². The molecule has 0 aliphatic heterocycles. The molecular weight excluding hydrogens is 496 g/mol. The summed E-state index contributed by atoms with van der Waals surface area (Å²) in [5, 5.41) is 0. The number of aryl methyl sites for hydroxylation is 2. The molecule has 3 rings (SSSR count). The van der Waals surface area contributed by atoms with Crippen LogP contribution in [-0.2, 0) is 9.53 Å². The molecule has 0 N–H and O–H groups in total. The Hall–Kier alpha value is -4.83. The lowest BCUT2D eigenvalue weighted by molar-refractivity contribution is -0.137. The average molecular weight is 527 g/mol. The van der Waals surface area contributed by atoms with E-state index in [-0.39, 0.29) is 0 Å². The quantitative estimate of drug-likeness (QED) is 0.0995. The molecule has 0 spiro atoms. The molecule has 0 saturated heterocycles. The highest BCUT2D eigenvalue weighted by Crippen LogP contribution is 2.24. The molecule has 200 valence electrons. The van der Waals surface area contributed by atoms with Crippen molar-refractivity contribution in [1.29, 1.82) is 0 Å². The Morgan fingerprint density at radius 3 is 1.97 bits per heavy atom. The second kappa shape index (κ2) is 14.2. The van der Waals surface area contributed by atoms with E-state index in [2.05, 4.69) is 18.4 Å². The molecule has 39 heavy (non-hydrogen) atoms. The van der Waals surface area contributed by atoms with Gasteiger partial charge in [-0.05, 0) is 105 Å². The number of hydrogen-bond donors (Lipinski definition) is 0. The Kier molecular flexibility index (Phi) is 10.5. The summed E-state index contributed by atoms with van der Waals surface area (Å²) in [7, 11) is 0. The van der Waals surface area contributed by atoms with Crippen LogP contribution in [-0.4, -0.2) is 31.1 Å². The first-order chi connectivity index (χ1) is 18.8. The predicted octanol–water partition coefficient (Wildman–Crippen LogP) is 6.00. The minimum Gasteiger partial charge on any atom is -0.493 e. The summed E-state index contributed by atoms with van der Waals surface area (Å²) >= 11 is 0. The third-order valence-electron chi connectivity index (χ3n) is 5.57. The lowest BCUT2D eigenvalue weighted by atomic mass is 10.1. The molecule has 0 aliphatic rings. The minimum absolute atomic E-state index is 0.308. The van der Waals surface area contributed by atoms with Gasteiger partial charge in [-0.1, -0.05) is 12.5 Å². The first kappa shape index (κ1) is 28.7. The van der Waals surface area contributed by atoms with Crippen LogP contribution in [0.15, 0.2) is 73.3 Å². The van der Waals surface area contributed by atoms with Crippen LogP contribution in [0.3, 0.4) is 0 Å². The highest BCUT2D eigenvalue weighted by molar-refractivity contribution is 5.93. The van der Waals surface area contributed by atoms with Gasteiger partial charge in [-0.25, -0.2) is 14.4 Å². The largest absolute Gasteiger partial charge is 0.493 e. The van der Waals surface area contributed by atoms with Gasteiger partial charge >= 0.3 is 17.9 Å². The van der Waals surface area contributed by atoms with E-state index < -0.39 is 17.9 Å². The number of carbonyl (C=O) groups excluding carboxylic acids is 3. The second-order valence-corrected chi connectivity index (χ2v) is 8.57. The van der Waals surface area contributed by atoms with E-state index in [9.17, 15) is 14.4 Å². The lowest BCUT2D eigenvalue weighted by Gasteiger charge is -2.12. The second-order valence-electron chi connectivity index (χ2n) is 8.57. The van der Waals surface area contributed by atoms with E-state index in [0.717, 1.165) is 17.2 Å². The van der Waals surface area contributed by atoms with E-state index in [1.54, 1.807) is 74.5 Å². The van der Waals surface area contributed by atoms with E-state index >= 15 is 0 Å². The molecular formula is C32H30O7. The van der Waals surface area contributed by atoms with Gasteiger partial charge in [-0.3, -0.25) is 0 Å². The number of hydrogen-bond acceptors (Lipinski definition) is 7. The van der Waals surface area contributed by atoms with E-state index in [0.29, 0.717) is 60.0 Å². The van der Waals surface area contributed by atoms with Crippen LogP contribution in [0.5, 0.6) is 17.2 Å². The summed E-state index contributed by atoms with van der Waals surface area (Å²) in [5.41, 5.74) is 2.93. The van der Waals surface area contributed by atoms with Gasteiger partial charge < -0.3 is 18.9 Å². The minimum atomic E-state index is -0.526. The van der Waals surface area contributed by atoms with Crippen molar-refractivity contribution in [3.8, 4) is 29.1 Å². The normalized spacial score (nSPS) is 10.0. The van der Waals surface area contributed by atoms with Gasteiger partial charge in [0.2, 0.25) is 0 Å². The molecule has 3 aromatic rings. The fraction of sp³-hybridized carbons (Fsp3) is 0.219. The van der Waals surface area contributed by atoms with Gasteiger partial charge in [0.15, 0.2) is 0 Å². The first-order valence-corrected chi connectivity index (χ1v) is 12.4. The molecule has 7 nitrogen and oxygen atoms in total. The zero-order chi connectivity index (χ0) is 28.2. The first-order valence-electron chi connectivity index (χ1n) is 12.4. The highest BCUT2D eigenvalue weighted by atomic mass is 16.5. The van der Waals surface area contributed by atoms with Crippen molar-refractivity contribution in [3.05, 3.63) is 101 Å². The van der Waals surface area contributed by atoms with Crippen LogP contribution in [0, 0.1) is 25.7 Å². The fourth-order valence-corrected chi connectivity index (χ4v) is 3.52. The molecule has 7 heteroatoms. The zero-order valence-electron chi connectivity index (χ0n) is 22.2. The molecule has 0 aromatic heterocycles. The predicted molar refractivity (Wildman–Crippen MR) is 147 cm³/mol. The van der Waals surface area contributed by atoms with E-state index in [4.69, 9.17) is 18.9 Å². The number of ether oxygens (including phenoxy) is 4. The number of unbranched alkanes of at least 4 members (excludes halogenated alkanes) is 1. The molecule has 0 radical (unpaired) electrons. The Balaban J connectivity index is 1.54. The summed E-state index contributed by atoms with van der Waals surface area (Å²) in [5.74, 6) is 5.67. The molecule has 0 amide bonds. The third-order valence-corrected chi connectivity index (χ3v) is 5.57. The highest BCUT2D eigenvalue weighted by Gasteiger charge is 2.15. The van der Waals surface area contributed by atoms with Crippen molar-refractivity contribution in [1.82, 2.24) is 0 Å². The zero-order valence-corrected chi connectivity index (χ0v) is 22.2. The van der Waals surface area contributed by atoms with E-state index in [1.165, 1.54) is 0 Å². The number of benzene rings is 3. The molecule has 0 bridgehead atoms. The van der Waals surface area contributed by atoms with Crippen molar-refractivity contribution in [2.45, 2.75) is 33.6 Å². The van der Waals surface area contributed by atoms with Crippen LogP contribution < -0.4 is 14.2 Å². The number of rotatable bonds is 11. The van der Waals surface area contributed by atoms with Crippen molar-refractivity contribution in [3.63, 3.8) is 0 Å². The Bertz CT molecular complexity index is 1410. The molecule has 3 aromatic carbocycles. The van der Waals surface area contributed by atoms with Gasteiger partial charge in [0.1, 0.15) is 17.2 Å². The Morgan fingerprint density at radius 1 is 0.795 bits per heavy atom. The van der Waals surface area contributed by atoms with Crippen LogP contribution in [0.25, 0.3) is 0 Å². The SMILES string of the molecule is C=CC(=O)OCCCCOc1ccc(C(=O)Oc2ccc(C(=O)Oc3ccc(C#CC)cc3)cc2C)cc1C. The molecule has 0 aliphatic carbocycles. The topological polar surface area (TPSA) is 88.1 Å². The standard InChI is InChI=1S/C32H30O7/c1-5-9-24-10-14-27(15-11-24)38-31(34)25-13-17-29(23(4)21-25)39-32(35)26-12-16-28(22(3)20-26)36-18-7-8-19-37-30(33)6-2/h6,10-17,20-21H,2,7-8,18-19H2,1,3-4H3. The molecule has 0 saturated carbocycles. The third kappa shape index (κ3) is 8.61. The smallest absolute Gasteiger partial charge is 0.343 e. The van der Waals surface area contributed by atoms with Crippen LogP contribution in [0.1, 0.15) is 57.2 Å². The van der Waals surface area contributed by atoms with Crippen molar-refractivity contribution >= 4 is 17.9 Å². The maximum absolute atomic E-state index is 12.8. The lowest BCUT2D eigenvalue weighted by Crippen LogP contribution is -2.12. The summed E-state index contributed by atoms with van der Waals surface area (Å²) in [6.07, 6.45) is 2.50. The molecule has 0 heterocycles. The number of carbonyl (C=O) groups is 3. The van der Waals surface area contributed by atoms with E-state index in [1.807, 2.05) is 6.92 Å². The summed E-state index contributed by atoms with van der Waals surface area (Å²) < 4.78 is 21.7. The fourth-order valence-electron chi connectivity index (χ4n) is 3.52. The summed E-state index contributed by atoms with van der Waals surface area (Å²) in [6.45, 7) is 9.45. The van der Waals surface area contributed by atoms with Gasteiger partial charge in [0, 0.05) is 11.6 Å². The van der Waals surface area contributed by atoms with Crippen molar-refractivity contribution in [2.75, 3.05) is 13.2 Å². The summed E-state index contributed by atoms with van der Waals surface area (Å²) in [6, 6.07) is 16.7. The maximum Gasteiger partial charge on any atom is 0.343 e. The van der Waals surface area contributed by atoms with Gasteiger partial charge in [-0.2, -0.15) is 0 Å². The molecule has 0 unspecified atom stereocenters. The van der Waals surface area contributed by atoms with Crippen molar-refractivity contribution < 1.29 is 33.3 Å². The average Bonchev–Trinajstić information content (AvgIpc) is 2.93. The monoisotopic (exact) mass is 526 g/mol. The van der Waals surface area contributed by atoms with Crippen LogP contribution in [0.2, 0.25) is 0 Å². The van der Waals surface area contributed by atoms with Gasteiger partial charge in [0.05, 0.1) is 24.3 Å². The number of esters is 3. The molecule has 0 atom stereocenters.